The Morgan fingerprint density at radius 2 is 1.74 bits per heavy atom. The summed E-state index contributed by atoms with van der Waals surface area (Å²) in [4.78, 5) is 17.8. The zero-order valence-electron chi connectivity index (χ0n) is 23.6. The lowest BCUT2D eigenvalue weighted by Gasteiger charge is -2.19. The lowest BCUT2D eigenvalue weighted by molar-refractivity contribution is -0.137. The van der Waals surface area contributed by atoms with Crippen molar-refractivity contribution in [2.24, 2.45) is 0 Å². The fraction of sp³-hybridized carbons (Fsp3) is 0.290. The highest BCUT2D eigenvalue weighted by Crippen LogP contribution is 2.34. The third-order valence-corrected chi connectivity index (χ3v) is 8.08. The Morgan fingerprint density at radius 3 is 2.42 bits per heavy atom. The van der Waals surface area contributed by atoms with E-state index in [9.17, 15) is 31.5 Å². The zero-order chi connectivity index (χ0) is 31.2. The molecule has 228 valence electrons. The van der Waals surface area contributed by atoms with Crippen molar-refractivity contribution in [3.05, 3.63) is 89.6 Å². The molecule has 4 rings (SSSR count). The van der Waals surface area contributed by atoms with Crippen LogP contribution in [0.15, 0.2) is 72.8 Å². The molecule has 0 radical (unpaired) electrons. The number of phenolic OH excluding ortho intramolecular Hbond substituents is 1. The maximum Gasteiger partial charge on any atom is 0.416 e. The number of benzene rings is 3. The molecule has 0 saturated heterocycles. The molecule has 0 aliphatic heterocycles. The Bertz CT molecular complexity index is 1690. The van der Waals surface area contributed by atoms with Gasteiger partial charge in [0.2, 0.25) is 10.0 Å². The number of carbonyl (C=O) groups is 1. The van der Waals surface area contributed by atoms with Gasteiger partial charge in [0.15, 0.2) is 0 Å². The van der Waals surface area contributed by atoms with Crippen molar-refractivity contribution in [3.8, 4) is 16.9 Å². The summed E-state index contributed by atoms with van der Waals surface area (Å²) in [6.45, 7) is 2.03. The summed E-state index contributed by atoms with van der Waals surface area (Å²) in [5.74, 6) is -0.606. The molecule has 12 heteroatoms. The van der Waals surface area contributed by atoms with E-state index in [1.807, 2.05) is 6.92 Å². The van der Waals surface area contributed by atoms with Crippen LogP contribution < -0.4 is 10.0 Å². The molecule has 0 aliphatic carbocycles. The third kappa shape index (κ3) is 8.45. The van der Waals surface area contributed by atoms with Crippen molar-refractivity contribution in [2.75, 3.05) is 24.2 Å². The second kappa shape index (κ2) is 13.4. The van der Waals surface area contributed by atoms with Crippen LogP contribution in [0.3, 0.4) is 0 Å². The monoisotopic (exact) mass is 615 g/mol. The fourth-order valence-corrected chi connectivity index (χ4v) is 5.84. The number of hydrogen-bond donors (Lipinski definition) is 3. The van der Waals surface area contributed by atoms with Gasteiger partial charge < -0.3 is 15.2 Å². The van der Waals surface area contributed by atoms with Crippen LogP contribution in [0.5, 0.6) is 5.75 Å². The van der Waals surface area contributed by atoms with Crippen LogP contribution in [-0.4, -0.2) is 49.9 Å². The molecule has 0 bridgehead atoms. The third-order valence-electron chi connectivity index (χ3n) is 6.72. The van der Waals surface area contributed by atoms with E-state index in [1.165, 1.54) is 43.5 Å². The average Bonchev–Trinajstić information content (AvgIpc) is 2.96. The zero-order valence-corrected chi connectivity index (χ0v) is 24.4. The summed E-state index contributed by atoms with van der Waals surface area (Å²) < 4.78 is 73.6. The lowest BCUT2D eigenvalue weighted by atomic mass is 10.00. The first-order valence-corrected chi connectivity index (χ1v) is 15.2. The minimum absolute atomic E-state index is 0.0562. The van der Waals surface area contributed by atoms with Crippen LogP contribution in [0.2, 0.25) is 0 Å². The highest BCUT2D eigenvalue weighted by Gasteiger charge is 2.30. The van der Waals surface area contributed by atoms with E-state index in [-0.39, 0.29) is 40.6 Å². The van der Waals surface area contributed by atoms with Crippen molar-refractivity contribution in [2.45, 2.75) is 38.4 Å². The second-order valence-electron chi connectivity index (χ2n) is 10.1. The van der Waals surface area contributed by atoms with Crippen LogP contribution in [0.25, 0.3) is 22.0 Å². The first kappa shape index (κ1) is 31.8. The van der Waals surface area contributed by atoms with Gasteiger partial charge in [0.25, 0.3) is 5.91 Å². The van der Waals surface area contributed by atoms with Crippen molar-refractivity contribution < 1.29 is 36.2 Å². The largest absolute Gasteiger partial charge is 0.508 e. The predicted molar refractivity (Wildman–Crippen MR) is 159 cm³/mol. The fourth-order valence-electron chi connectivity index (χ4n) is 4.56. The highest BCUT2D eigenvalue weighted by atomic mass is 32.2. The number of carbonyl (C=O) groups excluding carboxylic acids is 1. The summed E-state index contributed by atoms with van der Waals surface area (Å²) in [6.07, 6.45) is -3.07. The van der Waals surface area contributed by atoms with E-state index in [0.717, 1.165) is 17.7 Å². The van der Waals surface area contributed by atoms with E-state index < -0.39 is 33.7 Å². The summed E-state index contributed by atoms with van der Waals surface area (Å²) in [5.41, 5.74) is 1.04. The van der Waals surface area contributed by atoms with Crippen LogP contribution >= 0.6 is 0 Å². The van der Waals surface area contributed by atoms with E-state index in [2.05, 4.69) is 15.0 Å². The van der Waals surface area contributed by atoms with Crippen molar-refractivity contribution in [3.63, 3.8) is 0 Å². The Morgan fingerprint density at radius 1 is 1.02 bits per heavy atom. The number of phenols is 1. The van der Waals surface area contributed by atoms with E-state index >= 15 is 0 Å². The Kier molecular flexibility index (Phi) is 9.92. The van der Waals surface area contributed by atoms with E-state index in [1.54, 1.807) is 24.3 Å². The van der Waals surface area contributed by atoms with Gasteiger partial charge in [0.05, 0.1) is 35.2 Å². The number of nitrogens with zero attached hydrogens (tertiary/aromatic N) is 1. The molecule has 3 aromatic carbocycles. The number of aromatic hydroxyl groups is 1. The molecular formula is C31H32F3N3O5S. The number of halogens is 3. The summed E-state index contributed by atoms with van der Waals surface area (Å²) >= 11 is 0. The molecule has 0 saturated carbocycles. The SMILES string of the molecule is CCCCS(=O)(=O)Nc1cc(C(=O)N[C@H](COC)Cc2ccc(O)cc2)nc2ccc(-c3cccc(C(F)(F)F)c3)cc12. The first-order valence-electron chi connectivity index (χ1n) is 13.6. The number of unbranched alkanes of at least 4 members (excludes halogenated alkanes) is 1. The number of methoxy groups -OCH3 is 1. The molecular weight excluding hydrogens is 583 g/mol. The number of rotatable bonds is 12. The quantitative estimate of drug-likeness (QED) is 0.176. The molecule has 0 fully saturated rings. The summed E-state index contributed by atoms with van der Waals surface area (Å²) in [6, 6.07) is 16.9. The Balaban J connectivity index is 1.73. The molecule has 1 heterocycles. The topological polar surface area (TPSA) is 118 Å². The maximum absolute atomic E-state index is 13.4. The van der Waals surface area contributed by atoms with Gasteiger partial charge in [-0.1, -0.05) is 43.7 Å². The van der Waals surface area contributed by atoms with Gasteiger partial charge in [-0.3, -0.25) is 9.52 Å². The van der Waals surface area contributed by atoms with Gasteiger partial charge in [0.1, 0.15) is 11.4 Å². The predicted octanol–water partition coefficient (Wildman–Crippen LogP) is 6.16. The number of ether oxygens (including phenoxy) is 1. The molecule has 3 N–H and O–H groups in total. The van der Waals surface area contributed by atoms with Crippen LogP contribution in [-0.2, 0) is 27.4 Å². The molecule has 4 aromatic rings. The van der Waals surface area contributed by atoms with Gasteiger partial charge >= 0.3 is 6.18 Å². The molecule has 0 unspecified atom stereocenters. The minimum Gasteiger partial charge on any atom is -0.508 e. The molecule has 0 aliphatic rings. The normalized spacial score (nSPS) is 12.7. The number of pyridine rings is 1. The van der Waals surface area contributed by atoms with Crippen LogP contribution in [0.4, 0.5) is 18.9 Å². The Labute approximate surface area is 248 Å². The number of hydrogen-bond acceptors (Lipinski definition) is 6. The number of fused-ring (bicyclic) bond motifs is 1. The standard InChI is InChI=1S/C31H32F3N3O5S/c1-3-4-14-43(40,41)37-28-18-29(30(39)35-24(19-42-2)15-20-8-11-25(38)12-9-20)36-27-13-10-22(17-26(27)28)21-6-5-7-23(16-21)31(32,33)34/h5-13,16-18,24,38H,3-4,14-15,19H2,1-2H3,(H,35,39)(H,36,37)/t24-/m0/s1. The van der Waals surface area contributed by atoms with E-state index in [4.69, 9.17) is 4.74 Å². The number of aromatic nitrogens is 1. The molecule has 1 aromatic heterocycles. The number of amides is 1. The average molecular weight is 616 g/mol. The molecule has 1 atom stereocenters. The number of alkyl halides is 3. The van der Waals surface area contributed by atoms with Gasteiger partial charge in [-0.25, -0.2) is 13.4 Å². The molecule has 0 spiro atoms. The molecule has 43 heavy (non-hydrogen) atoms. The number of nitrogens with one attached hydrogen (secondary N) is 2. The summed E-state index contributed by atoms with van der Waals surface area (Å²) in [5, 5.41) is 12.8. The number of sulfonamides is 1. The molecule has 1 amide bonds. The van der Waals surface area contributed by atoms with Gasteiger partial charge in [0, 0.05) is 12.5 Å². The second-order valence-corrected chi connectivity index (χ2v) is 12.0. The van der Waals surface area contributed by atoms with Gasteiger partial charge in [-0.15, -0.1) is 0 Å². The van der Waals surface area contributed by atoms with Crippen LogP contribution in [0.1, 0.15) is 41.4 Å². The van der Waals surface area contributed by atoms with Crippen molar-refractivity contribution in [1.82, 2.24) is 10.3 Å². The maximum atomic E-state index is 13.4. The minimum atomic E-state index is -4.53. The Hall–Kier alpha value is -4.16. The van der Waals surface area contributed by atoms with Gasteiger partial charge in [-0.2, -0.15) is 13.2 Å². The first-order chi connectivity index (χ1) is 20.4. The smallest absolute Gasteiger partial charge is 0.416 e. The van der Waals surface area contributed by atoms with Crippen LogP contribution in [0, 0.1) is 0 Å². The van der Waals surface area contributed by atoms with E-state index in [0.29, 0.717) is 30.2 Å². The van der Waals surface area contributed by atoms with Gasteiger partial charge in [-0.05, 0) is 72.0 Å². The molecule has 8 nitrogen and oxygen atoms in total. The lowest BCUT2D eigenvalue weighted by Crippen LogP contribution is -2.40. The van der Waals surface area contributed by atoms with Crippen molar-refractivity contribution >= 4 is 32.5 Å². The van der Waals surface area contributed by atoms with Crippen molar-refractivity contribution in [1.29, 1.82) is 0 Å². The highest BCUT2D eigenvalue weighted by molar-refractivity contribution is 7.92. The summed E-state index contributed by atoms with van der Waals surface area (Å²) in [7, 11) is -2.31. The number of anilines is 1.